The number of nitrogens with one attached hydrogen (secondary N) is 1. The van der Waals surface area contributed by atoms with E-state index in [2.05, 4.69) is 9.97 Å². The number of nitrogens with zero attached hydrogens (tertiary/aromatic N) is 2. The van der Waals surface area contributed by atoms with Crippen LogP contribution in [0.3, 0.4) is 0 Å². The van der Waals surface area contributed by atoms with Crippen LogP contribution in [0.4, 0.5) is 32.0 Å². The predicted molar refractivity (Wildman–Crippen MR) is 97.5 cm³/mol. The number of aromatic nitrogens is 2. The quantitative estimate of drug-likeness (QED) is 0.545. The number of hydrogen-bond donors (Lipinski definition) is 1. The Kier molecular flexibility index (Phi) is 5.63. The van der Waals surface area contributed by atoms with Crippen molar-refractivity contribution >= 4 is 33.1 Å². The van der Waals surface area contributed by atoms with Crippen molar-refractivity contribution in [2.24, 2.45) is 0 Å². The van der Waals surface area contributed by atoms with Gasteiger partial charge >= 0.3 is 12.4 Å². The molecule has 0 aliphatic carbocycles. The van der Waals surface area contributed by atoms with Gasteiger partial charge in [0.1, 0.15) is 11.2 Å². The summed E-state index contributed by atoms with van der Waals surface area (Å²) in [5.74, 6) is -0.851. The van der Waals surface area contributed by atoms with Crippen LogP contribution in [0.2, 0.25) is 0 Å². The molecule has 0 aliphatic rings. The molecule has 3 aromatic rings. The highest BCUT2D eigenvalue weighted by atomic mass is 32.1. The molecule has 0 fully saturated rings. The van der Waals surface area contributed by atoms with Crippen LogP contribution in [-0.2, 0) is 17.1 Å². The molecular weight excluding hydrogens is 436 g/mol. The molecule has 1 N–H and O–H groups in total. The zero-order valence-electron chi connectivity index (χ0n) is 15.4. The van der Waals surface area contributed by atoms with Crippen molar-refractivity contribution in [3.05, 3.63) is 46.1 Å². The fraction of sp³-hybridized carbons (Fsp3) is 0.278. The molecule has 2 heterocycles. The molecular formula is C18H13F6N3O2S. The Labute approximate surface area is 169 Å². The average Bonchev–Trinajstić information content (AvgIpc) is 2.93. The lowest BCUT2D eigenvalue weighted by Crippen LogP contribution is -2.21. The smallest absolute Gasteiger partial charge is 0.416 e. The van der Waals surface area contributed by atoms with Crippen LogP contribution in [0.1, 0.15) is 21.6 Å². The zero-order chi connectivity index (χ0) is 22.3. The molecule has 5 nitrogen and oxygen atoms in total. The Morgan fingerprint density at radius 1 is 1.03 bits per heavy atom. The summed E-state index contributed by atoms with van der Waals surface area (Å²) in [5.41, 5.74) is -2.87. The summed E-state index contributed by atoms with van der Waals surface area (Å²) in [7, 11) is 0. The van der Waals surface area contributed by atoms with Crippen LogP contribution in [0.15, 0.2) is 24.5 Å². The molecule has 12 heteroatoms. The SMILES string of the molecule is Cc1sc2ncnc(OCC(=O)Nc3cc(C(F)(F)F)cc(C(F)(F)F)c3)c2c1C. The summed E-state index contributed by atoms with van der Waals surface area (Å²) in [6.07, 6.45) is -8.80. The third-order valence-corrected chi connectivity index (χ3v) is 5.26. The molecule has 0 saturated carbocycles. The van der Waals surface area contributed by atoms with Gasteiger partial charge in [0.05, 0.1) is 16.5 Å². The van der Waals surface area contributed by atoms with Crippen molar-refractivity contribution in [3.8, 4) is 5.88 Å². The maximum absolute atomic E-state index is 12.9. The second-order valence-electron chi connectivity index (χ2n) is 6.27. The number of carbonyl (C=O) groups is 1. The van der Waals surface area contributed by atoms with Gasteiger partial charge in [-0.15, -0.1) is 11.3 Å². The number of rotatable bonds is 4. The molecule has 0 saturated heterocycles. The zero-order valence-corrected chi connectivity index (χ0v) is 16.2. The summed E-state index contributed by atoms with van der Waals surface area (Å²) < 4.78 is 82.8. The first-order valence-corrected chi connectivity index (χ1v) is 9.10. The van der Waals surface area contributed by atoms with E-state index in [-0.39, 0.29) is 11.9 Å². The molecule has 0 atom stereocenters. The first-order valence-electron chi connectivity index (χ1n) is 8.29. The fourth-order valence-corrected chi connectivity index (χ4v) is 3.61. The van der Waals surface area contributed by atoms with Gasteiger partial charge in [-0.25, -0.2) is 9.97 Å². The Morgan fingerprint density at radius 2 is 1.63 bits per heavy atom. The first kappa shape index (κ1) is 21.8. The molecule has 0 aliphatic heterocycles. The molecule has 30 heavy (non-hydrogen) atoms. The minimum atomic E-state index is -5.02. The summed E-state index contributed by atoms with van der Waals surface area (Å²) in [6, 6.07) is 0.816. The topological polar surface area (TPSA) is 64.1 Å². The largest absolute Gasteiger partial charge is 0.467 e. The Bertz CT molecular complexity index is 1080. The highest BCUT2D eigenvalue weighted by molar-refractivity contribution is 7.18. The number of amides is 1. The van der Waals surface area contributed by atoms with Gasteiger partial charge in [-0.05, 0) is 37.6 Å². The number of halogens is 6. The van der Waals surface area contributed by atoms with E-state index in [4.69, 9.17) is 4.74 Å². The maximum atomic E-state index is 12.9. The van der Waals surface area contributed by atoms with Crippen molar-refractivity contribution in [1.29, 1.82) is 0 Å². The van der Waals surface area contributed by atoms with Crippen molar-refractivity contribution in [2.75, 3.05) is 11.9 Å². The Hall–Kier alpha value is -2.89. The number of benzene rings is 1. The van der Waals surface area contributed by atoms with Crippen LogP contribution in [-0.4, -0.2) is 22.5 Å². The Morgan fingerprint density at radius 3 is 2.20 bits per heavy atom. The normalized spacial score (nSPS) is 12.3. The van der Waals surface area contributed by atoms with Gasteiger partial charge in [-0.3, -0.25) is 4.79 Å². The van der Waals surface area contributed by atoms with Gasteiger partial charge in [-0.2, -0.15) is 26.3 Å². The van der Waals surface area contributed by atoms with Crippen LogP contribution in [0.5, 0.6) is 5.88 Å². The monoisotopic (exact) mass is 449 g/mol. The molecule has 1 aromatic carbocycles. The summed E-state index contributed by atoms with van der Waals surface area (Å²) in [5, 5.41) is 2.59. The van der Waals surface area contributed by atoms with Gasteiger partial charge in [0.2, 0.25) is 5.88 Å². The summed E-state index contributed by atoms with van der Waals surface area (Å²) >= 11 is 1.39. The van der Waals surface area contributed by atoms with Crippen LogP contribution < -0.4 is 10.1 Å². The number of fused-ring (bicyclic) bond motifs is 1. The summed E-state index contributed by atoms with van der Waals surface area (Å²) in [6.45, 7) is 3.01. The van der Waals surface area contributed by atoms with E-state index < -0.39 is 41.7 Å². The molecule has 1 amide bonds. The number of alkyl halides is 6. The van der Waals surface area contributed by atoms with E-state index in [1.165, 1.54) is 17.7 Å². The third-order valence-electron chi connectivity index (χ3n) is 4.14. The fourth-order valence-electron chi connectivity index (χ4n) is 2.62. The molecule has 160 valence electrons. The van der Waals surface area contributed by atoms with E-state index in [0.29, 0.717) is 22.3 Å². The van der Waals surface area contributed by atoms with Crippen molar-refractivity contribution < 1.29 is 35.9 Å². The highest BCUT2D eigenvalue weighted by Crippen LogP contribution is 2.37. The second kappa shape index (κ2) is 7.74. The number of aryl methyl sites for hydroxylation is 2. The number of anilines is 1. The Balaban J connectivity index is 1.80. The lowest BCUT2D eigenvalue weighted by Gasteiger charge is -2.15. The molecule has 2 aromatic heterocycles. The van der Waals surface area contributed by atoms with Gasteiger partial charge < -0.3 is 10.1 Å². The van der Waals surface area contributed by atoms with Crippen molar-refractivity contribution in [3.63, 3.8) is 0 Å². The summed E-state index contributed by atoms with van der Waals surface area (Å²) in [4.78, 5) is 21.7. The van der Waals surface area contributed by atoms with Gasteiger partial charge in [-0.1, -0.05) is 0 Å². The predicted octanol–water partition coefficient (Wildman–Crippen LogP) is 5.36. The number of thiophene rings is 1. The van der Waals surface area contributed by atoms with E-state index in [0.717, 1.165) is 10.4 Å². The van der Waals surface area contributed by atoms with E-state index in [9.17, 15) is 31.1 Å². The standard InChI is InChI=1S/C18H13F6N3O2S/c1-8-9(2)30-16-14(8)15(25-7-26-16)29-6-13(28)27-12-4-10(17(19,20)21)3-11(5-12)18(22,23)24/h3-5,7H,6H2,1-2H3,(H,27,28). The van der Waals surface area contributed by atoms with Crippen LogP contribution in [0.25, 0.3) is 10.2 Å². The van der Waals surface area contributed by atoms with Crippen LogP contribution in [0, 0.1) is 13.8 Å². The van der Waals surface area contributed by atoms with Crippen LogP contribution >= 0.6 is 11.3 Å². The number of ether oxygens (including phenoxy) is 1. The molecule has 0 spiro atoms. The molecule has 3 rings (SSSR count). The number of hydrogen-bond acceptors (Lipinski definition) is 5. The number of carbonyl (C=O) groups excluding carboxylic acids is 1. The van der Waals surface area contributed by atoms with E-state index in [1.807, 2.05) is 19.2 Å². The lowest BCUT2D eigenvalue weighted by atomic mass is 10.1. The van der Waals surface area contributed by atoms with Gasteiger partial charge in [0.15, 0.2) is 6.61 Å². The minimum Gasteiger partial charge on any atom is -0.467 e. The van der Waals surface area contributed by atoms with Gasteiger partial charge in [0.25, 0.3) is 5.91 Å². The van der Waals surface area contributed by atoms with E-state index >= 15 is 0 Å². The third kappa shape index (κ3) is 4.64. The highest BCUT2D eigenvalue weighted by Gasteiger charge is 2.37. The molecule has 0 bridgehead atoms. The van der Waals surface area contributed by atoms with Gasteiger partial charge in [0, 0.05) is 10.6 Å². The molecule has 0 radical (unpaired) electrons. The maximum Gasteiger partial charge on any atom is 0.416 e. The van der Waals surface area contributed by atoms with Crippen molar-refractivity contribution in [2.45, 2.75) is 26.2 Å². The average molecular weight is 449 g/mol. The minimum absolute atomic E-state index is 0.0224. The second-order valence-corrected chi connectivity index (χ2v) is 7.48. The lowest BCUT2D eigenvalue weighted by molar-refractivity contribution is -0.143. The molecule has 0 unspecified atom stereocenters. The first-order chi connectivity index (χ1) is 13.9. The van der Waals surface area contributed by atoms with Crippen molar-refractivity contribution in [1.82, 2.24) is 9.97 Å². The van der Waals surface area contributed by atoms with E-state index in [1.54, 1.807) is 0 Å².